The van der Waals surface area contributed by atoms with E-state index in [2.05, 4.69) is 27.2 Å². The molecule has 1 amide bonds. The van der Waals surface area contributed by atoms with Gasteiger partial charge < -0.3 is 20.1 Å². The van der Waals surface area contributed by atoms with Gasteiger partial charge in [-0.3, -0.25) is 4.79 Å². The molecule has 7 nitrogen and oxygen atoms in total. The SMILES string of the molecule is [2H]C1(Oc2cc3ncnc(Nc4ccc(F)c(Cl)c4)c3cc2NC(=O)C=C)CCOC1. The van der Waals surface area contributed by atoms with Crippen LogP contribution in [-0.2, 0) is 9.53 Å². The van der Waals surface area contributed by atoms with Crippen LogP contribution in [0.3, 0.4) is 0 Å². The van der Waals surface area contributed by atoms with Gasteiger partial charge in [0.1, 0.15) is 29.8 Å². The van der Waals surface area contributed by atoms with Crippen molar-refractivity contribution in [2.75, 3.05) is 23.8 Å². The van der Waals surface area contributed by atoms with Gasteiger partial charge in [0.15, 0.2) is 0 Å². The van der Waals surface area contributed by atoms with Crippen molar-refractivity contribution in [2.24, 2.45) is 0 Å². The third-order valence-electron chi connectivity index (χ3n) is 4.40. The number of nitrogens with one attached hydrogen (secondary N) is 2. The van der Waals surface area contributed by atoms with E-state index < -0.39 is 17.8 Å². The van der Waals surface area contributed by atoms with Crippen molar-refractivity contribution in [3.8, 4) is 5.75 Å². The molecule has 0 spiro atoms. The topological polar surface area (TPSA) is 85.4 Å². The Morgan fingerprint density at radius 2 is 2.27 bits per heavy atom. The second kappa shape index (κ2) is 8.64. The third kappa shape index (κ3) is 4.34. The molecule has 154 valence electrons. The molecule has 9 heteroatoms. The maximum Gasteiger partial charge on any atom is 0.247 e. The van der Waals surface area contributed by atoms with Crippen LogP contribution in [-0.4, -0.2) is 35.2 Å². The van der Waals surface area contributed by atoms with E-state index >= 15 is 0 Å². The second-order valence-corrected chi connectivity index (χ2v) is 6.89. The summed E-state index contributed by atoms with van der Waals surface area (Å²) in [5.74, 6) is -0.283. The van der Waals surface area contributed by atoms with Crippen molar-refractivity contribution in [3.63, 3.8) is 0 Å². The number of carbonyl (C=O) groups is 1. The molecular formula is C21H18ClFN4O3. The van der Waals surface area contributed by atoms with Crippen LogP contribution in [0.5, 0.6) is 5.75 Å². The predicted octanol–water partition coefficient (Wildman–Crippen LogP) is 4.46. The van der Waals surface area contributed by atoms with Gasteiger partial charge in [-0.05, 0) is 30.3 Å². The molecule has 30 heavy (non-hydrogen) atoms. The van der Waals surface area contributed by atoms with E-state index in [0.29, 0.717) is 41.1 Å². The first-order valence-corrected chi connectivity index (χ1v) is 9.46. The number of rotatable bonds is 6. The number of benzene rings is 2. The van der Waals surface area contributed by atoms with Crippen molar-refractivity contribution in [2.45, 2.75) is 12.5 Å². The van der Waals surface area contributed by atoms with E-state index in [4.69, 9.17) is 22.4 Å². The molecule has 2 N–H and O–H groups in total. The Labute approximate surface area is 178 Å². The van der Waals surface area contributed by atoms with Crippen molar-refractivity contribution in [3.05, 3.63) is 60.2 Å². The van der Waals surface area contributed by atoms with Crippen LogP contribution in [0.15, 0.2) is 49.3 Å². The standard InChI is InChI=1S/C21H18ClFN4O3/c1-2-20(28)27-18-8-14-17(9-19(18)30-13-5-6-29-10-13)24-11-25-21(14)26-12-3-4-16(23)15(22)7-12/h2-4,7-9,11,13H,1,5-6,10H2,(H,27,28)(H,24,25,26)/i13D. The number of hydrogen-bond donors (Lipinski definition) is 2. The van der Waals surface area contributed by atoms with Crippen LogP contribution in [0, 0.1) is 5.82 Å². The number of hydrogen-bond acceptors (Lipinski definition) is 6. The quantitative estimate of drug-likeness (QED) is 0.563. The molecule has 0 aliphatic carbocycles. The van der Waals surface area contributed by atoms with E-state index in [1.807, 2.05) is 0 Å². The minimum atomic E-state index is -1.26. The predicted molar refractivity (Wildman–Crippen MR) is 113 cm³/mol. The van der Waals surface area contributed by atoms with E-state index in [0.717, 1.165) is 6.08 Å². The Bertz CT molecular complexity index is 1170. The average molecular weight is 430 g/mol. The van der Waals surface area contributed by atoms with Crippen LogP contribution >= 0.6 is 11.6 Å². The summed E-state index contributed by atoms with van der Waals surface area (Å²) in [5.41, 5.74) is 1.36. The zero-order valence-electron chi connectivity index (χ0n) is 16.7. The van der Waals surface area contributed by atoms with Crippen LogP contribution in [0.1, 0.15) is 7.79 Å². The van der Waals surface area contributed by atoms with Gasteiger partial charge in [0.25, 0.3) is 0 Å². The molecule has 4 rings (SSSR count). The average Bonchev–Trinajstić information content (AvgIpc) is 3.17. The Kier molecular flexibility index (Phi) is 5.41. The molecule has 1 atom stereocenters. The van der Waals surface area contributed by atoms with E-state index in [-0.39, 0.29) is 17.4 Å². The first-order chi connectivity index (χ1) is 14.9. The zero-order valence-corrected chi connectivity index (χ0v) is 16.5. The number of anilines is 3. The molecule has 1 aliphatic rings. The summed E-state index contributed by atoms with van der Waals surface area (Å²) in [6.07, 6.45) is 1.61. The fourth-order valence-electron chi connectivity index (χ4n) is 2.94. The Morgan fingerprint density at radius 1 is 1.40 bits per heavy atom. The number of amides is 1. The number of nitrogens with zero attached hydrogens (tertiary/aromatic N) is 2. The molecule has 1 aromatic heterocycles. The lowest BCUT2D eigenvalue weighted by atomic mass is 10.1. The molecule has 1 unspecified atom stereocenters. The highest BCUT2D eigenvalue weighted by Gasteiger charge is 2.20. The van der Waals surface area contributed by atoms with Crippen LogP contribution in [0.4, 0.5) is 21.6 Å². The lowest BCUT2D eigenvalue weighted by molar-refractivity contribution is -0.111. The summed E-state index contributed by atoms with van der Waals surface area (Å²) >= 11 is 5.86. The zero-order chi connectivity index (χ0) is 22.0. The number of carbonyl (C=O) groups excluding carboxylic acids is 1. The smallest absolute Gasteiger partial charge is 0.247 e. The van der Waals surface area contributed by atoms with Gasteiger partial charge in [-0.1, -0.05) is 18.2 Å². The first-order valence-electron chi connectivity index (χ1n) is 9.58. The van der Waals surface area contributed by atoms with Gasteiger partial charge >= 0.3 is 0 Å². The lowest BCUT2D eigenvalue weighted by Crippen LogP contribution is -2.18. The minimum absolute atomic E-state index is 0.0301. The van der Waals surface area contributed by atoms with E-state index in [1.165, 1.54) is 24.5 Å². The van der Waals surface area contributed by atoms with Gasteiger partial charge in [0.2, 0.25) is 5.91 Å². The Hall–Kier alpha value is -3.23. The van der Waals surface area contributed by atoms with Crippen LogP contribution in [0.2, 0.25) is 5.02 Å². The molecule has 0 radical (unpaired) electrons. The summed E-state index contributed by atoms with van der Waals surface area (Å²) in [4.78, 5) is 20.5. The number of ether oxygens (including phenoxy) is 2. The highest BCUT2D eigenvalue weighted by molar-refractivity contribution is 6.31. The number of fused-ring (bicyclic) bond motifs is 1. The molecular weight excluding hydrogens is 411 g/mol. The lowest BCUT2D eigenvalue weighted by Gasteiger charge is -2.17. The summed E-state index contributed by atoms with van der Waals surface area (Å²) in [5, 5.41) is 6.30. The maximum atomic E-state index is 13.5. The molecule has 3 aromatic rings. The summed E-state index contributed by atoms with van der Waals surface area (Å²) < 4.78 is 33.0. The molecule has 1 fully saturated rings. The second-order valence-electron chi connectivity index (χ2n) is 6.48. The summed E-state index contributed by atoms with van der Waals surface area (Å²) in [6.45, 7) is 4.00. The molecule has 2 heterocycles. The highest BCUT2D eigenvalue weighted by Crippen LogP contribution is 2.35. The Balaban J connectivity index is 1.76. The maximum absolute atomic E-state index is 13.5. The highest BCUT2D eigenvalue weighted by atomic mass is 35.5. The molecule has 1 saturated heterocycles. The minimum Gasteiger partial charge on any atom is -0.486 e. The van der Waals surface area contributed by atoms with Crippen molar-refractivity contribution >= 4 is 45.6 Å². The largest absolute Gasteiger partial charge is 0.486 e. The first kappa shape index (κ1) is 18.8. The fraction of sp³-hybridized carbons (Fsp3) is 0.190. The number of halogens is 2. The third-order valence-corrected chi connectivity index (χ3v) is 4.69. The molecule has 2 aromatic carbocycles. The van der Waals surface area contributed by atoms with Crippen molar-refractivity contribution < 1.29 is 20.0 Å². The van der Waals surface area contributed by atoms with E-state index in [9.17, 15) is 9.18 Å². The van der Waals surface area contributed by atoms with Gasteiger partial charge in [0.05, 0.1) is 30.8 Å². The van der Waals surface area contributed by atoms with Crippen LogP contribution < -0.4 is 15.4 Å². The fourth-order valence-corrected chi connectivity index (χ4v) is 3.12. The van der Waals surface area contributed by atoms with Gasteiger partial charge in [-0.15, -0.1) is 0 Å². The monoisotopic (exact) mass is 429 g/mol. The van der Waals surface area contributed by atoms with Crippen LogP contribution in [0.25, 0.3) is 10.9 Å². The number of aromatic nitrogens is 2. The summed E-state index contributed by atoms with van der Waals surface area (Å²) in [6, 6.07) is 7.46. The van der Waals surface area contributed by atoms with Gasteiger partial charge in [0, 0.05) is 23.6 Å². The molecule has 1 aliphatic heterocycles. The van der Waals surface area contributed by atoms with Crippen molar-refractivity contribution in [1.29, 1.82) is 0 Å². The molecule has 0 saturated carbocycles. The normalized spacial score (nSPS) is 18.7. The van der Waals surface area contributed by atoms with Gasteiger partial charge in [-0.25, -0.2) is 14.4 Å². The van der Waals surface area contributed by atoms with Crippen molar-refractivity contribution in [1.82, 2.24) is 9.97 Å². The summed E-state index contributed by atoms with van der Waals surface area (Å²) in [7, 11) is 0. The van der Waals surface area contributed by atoms with E-state index in [1.54, 1.807) is 12.1 Å². The molecule has 0 bridgehead atoms. The van der Waals surface area contributed by atoms with Gasteiger partial charge in [-0.2, -0.15) is 0 Å². The Morgan fingerprint density at radius 3 is 3.00 bits per heavy atom.